The van der Waals surface area contributed by atoms with Crippen LogP contribution in [0.1, 0.15) is 11.1 Å². The highest BCUT2D eigenvalue weighted by molar-refractivity contribution is 14.0. The molecule has 2 N–H and O–H groups in total. The molecular weight excluding hydrogens is 476 g/mol. The van der Waals surface area contributed by atoms with Crippen molar-refractivity contribution in [2.75, 3.05) is 34.4 Å². The normalized spacial score (nSPS) is 10.8. The van der Waals surface area contributed by atoms with Crippen molar-refractivity contribution >= 4 is 29.9 Å². The Morgan fingerprint density at radius 2 is 1.86 bits per heavy atom. The largest absolute Gasteiger partial charge is 0.497 e. The first kappa shape index (κ1) is 24.0. The summed E-state index contributed by atoms with van der Waals surface area (Å²) in [5.41, 5.74) is 1.15. The van der Waals surface area contributed by atoms with Crippen molar-refractivity contribution in [1.82, 2.24) is 10.2 Å². The number of rotatable bonds is 8. The summed E-state index contributed by atoms with van der Waals surface area (Å²) in [5, 5.41) is 12.4. The molecule has 2 rings (SSSR count). The number of likely N-dealkylation sites (N-methyl/N-ethyl adjacent to an activating group) is 1. The van der Waals surface area contributed by atoms with Crippen LogP contribution in [-0.2, 0) is 13.2 Å². The van der Waals surface area contributed by atoms with Gasteiger partial charge in [-0.2, -0.15) is 0 Å². The number of hydrogen-bond donors (Lipinski definition) is 2. The van der Waals surface area contributed by atoms with E-state index < -0.39 is 5.82 Å². The van der Waals surface area contributed by atoms with Gasteiger partial charge in [-0.3, -0.25) is 4.99 Å². The predicted molar refractivity (Wildman–Crippen MR) is 119 cm³/mol. The number of aliphatic hydroxyl groups is 1. The smallest absolute Gasteiger partial charge is 0.193 e. The monoisotopic (exact) mass is 503 g/mol. The van der Waals surface area contributed by atoms with E-state index in [1.54, 1.807) is 26.3 Å². The van der Waals surface area contributed by atoms with E-state index in [1.165, 1.54) is 6.07 Å². The lowest BCUT2D eigenvalue weighted by Gasteiger charge is -2.22. The molecule has 0 bridgehead atoms. The lowest BCUT2D eigenvalue weighted by atomic mass is 10.1. The quantitative estimate of drug-likeness (QED) is 0.330. The maximum atomic E-state index is 13.5. The van der Waals surface area contributed by atoms with Crippen LogP contribution in [0.4, 0.5) is 4.39 Å². The van der Waals surface area contributed by atoms with Crippen molar-refractivity contribution in [3.05, 3.63) is 59.4 Å². The molecule has 28 heavy (non-hydrogen) atoms. The molecule has 0 aliphatic carbocycles. The Bertz CT molecular complexity index is 757. The molecule has 8 heteroatoms. The van der Waals surface area contributed by atoms with Crippen molar-refractivity contribution in [2.45, 2.75) is 13.2 Å². The molecule has 0 saturated carbocycles. The summed E-state index contributed by atoms with van der Waals surface area (Å²) >= 11 is 0. The lowest BCUT2D eigenvalue weighted by Crippen LogP contribution is -2.40. The molecule has 0 heterocycles. The van der Waals surface area contributed by atoms with Gasteiger partial charge in [0.1, 0.15) is 23.9 Å². The van der Waals surface area contributed by atoms with Crippen molar-refractivity contribution in [3.63, 3.8) is 0 Å². The zero-order valence-corrected chi connectivity index (χ0v) is 18.6. The van der Waals surface area contributed by atoms with Crippen molar-refractivity contribution in [2.24, 2.45) is 4.99 Å². The molecular formula is C20H27FIN3O3. The van der Waals surface area contributed by atoms with Crippen LogP contribution in [0.5, 0.6) is 11.5 Å². The fourth-order valence-electron chi connectivity index (χ4n) is 2.50. The van der Waals surface area contributed by atoms with E-state index in [0.717, 1.165) is 17.1 Å². The highest BCUT2D eigenvalue weighted by Gasteiger charge is 2.08. The standard InChI is InChI=1S/C20H26FN3O3.HI/c1-22-20(23-13-15-4-9-19(21)16(12-15)14-25)24(2)10-11-27-18-7-5-17(26-3)6-8-18;/h4-9,12,25H,10-11,13-14H2,1-3H3,(H,22,23);1H. The van der Waals surface area contributed by atoms with E-state index in [-0.39, 0.29) is 36.1 Å². The third-order valence-corrected chi connectivity index (χ3v) is 4.06. The number of hydrogen-bond acceptors (Lipinski definition) is 4. The minimum absolute atomic E-state index is 0. The van der Waals surface area contributed by atoms with E-state index in [1.807, 2.05) is 36.2 Å². The Morgan fingerprint density at radius 3 is 2.46 bits per heavy atom. The van der Waals surface area contributed by atoms with E-state index in [4.69, 9.17) is 14.6 Å². The molecule has 0 aliphatic heterocycles. The van der Waals surface area contributed by atoms with E-state index >= 15 is 0 Å². The van der Waals surface area contributed by atoms with Crippen LogP contribution < -0.4 is 14.8 Å². The summed E-state index contributed by atoms with van der Waals surface area (Å²) in [6, 6.07) is 12.1. The van der Waals surface area contributed by atoms with Crippen LogP contribution in [0, 0.1) is 5.82 Å². The number of guanidine groups is 1. The van der Waals surface area contributed by atoms with Gasteiger partial charge in [0, 0.05) is 26.2 Å². The van der Waals surface area contributed by atoms with Gasteiger partial charge in [0.25, 0.3) is 0 Å². The molecule has 0 fully saturated rings. The zero-order valence-electron chi connectivity index (χ0n) is 16.3. The summed E-state index contributed by atoms with van der Waals surface area (Å²) < 4.78 is 24.3. The third kappa shape index (κ3) is 7.16. The van der Waals surface area contributed by atoms with Crippen LogP contribution in [0.15, 0.2) is 47.5 Å². The van der Waals surface area contributed by atoms with Gasteiger partial charge in [-0.1, -0.05) is 6.07 Å². The average molecular weight is 503 g/mol. The topological polar surface area (TPSA) is 66.3 Å². The number of nitrogens with one attached hydrogen (secondary N) is 1. The van der Waals surface area contributed by atoms with Gasteiger partial charge >= 0.3 is 0 Å². The van der Waals surface area contributed by atoms with Crippen molar-refractivity contribution in [3.8, 4) is 11.5 Å². The predicted octanol–water partition coefficient (Wildman–Crippen LogP) is 3.03. The minimum atomic E-state index is -0.404. The first-order valence-corrected chi connectivity index (χ1v) is 8.64. The van der Waals surface area contributed by atoms with E-state index in [0.29, 0.717) is 25.7 Å². The molecule has 2 aromatic rings. The number of aliphatic imine (C=N–C) groups is 1. The lowest BCUT2D eigenvalue weighted by molar-refractivity contribution is 0.275. The van der Waals surface area contributed by atoms with Crippen LogP contribution in [0.3, 0.4) is 0 Å². The minimum Gasteiger partial charge on any atom is -0.497 e. The molecule has 0 aromatic heterocycles. The maximum absolute atomic E-state index is 13.5. The summed E-state index contributed by atoms with van der Waals surface area (Å²) in [6.45, 7) is 1.28. The van der Waals surface area contributed by atoms with Crippen LogP contribution >= 0.6 is 24.0 Å². The van der Waals surface area contributed by atoms with Gasteiger partial charge in [0.2, 0.25) is 0 Å². The number of nitrogens with zero attached hydrogens (tertiary/aromatic N) is 2. The van der Waals surface area contributed by atoms with Crippen molar-refractivity contribution in [1.29, 1.82) is 0 Å². The second kappa shape index (κ2) is 12.4. The molecule has 154 valence electrons. The first-order valence-electron chi connectivity index (χ1n) is 8.64. The van der Waals surface area contributed by atoms with E-state index in [2.05, 4.69) is 10.3 Å². The molecule has 6 nitrogen and oxygen atoms in total. The molecule has 0 aliphatic rings. The first-order chi connectivity index (χ1) is 13.1. The van der Waals surface area contributed by atoms with Crippen LogP contribution in [0.2, 0.25) is 0 Å². The van der Waals surface area contributed by atoms with Gasteiger partial charge in [0.05, 0.1) is 20.3 Å². The van der Waals surface area contributed by atoms with Gasteiger partial charge in [-0.15, -0.1) is 24.0 Å². The van der Waals surface area contributed by atoms with E-state index in [9.17, 15) is 4.39 Å². The fourth-order valence-corrected chi connectivity index (χ4v) is 2.50. The summed E-state index contributed by atoms with van der Waals surface area (Å²) in [4.78, 5) is 6.19. The van der Waals surface area contributed by atoms with Gasteiger partial charge < -0.3 is 24.8 Å². The number of halogens is 2. The molecule has 0 amide bonds. The molecule has 0 atom stereocenters. The van der Waals surface area contributed by atoms with Crippen molar-refractivity contribution < 1.29 is 19.0 Å². The number of benzene rings is 2. The Balaban J connectivity index is 0.00000392. The SMILES string of the molecule is CN=C(NCc1ccc(F)c(CO)c1)N(C)CCOc1ccc(OC)cc1.I. The zero-order chi connectivity index (χ0) is 19.6. The second-order valence-electron chi connectivity index (χ2n) is 5.93. The van der Waals surface area contributed by atoms with Gasteiger partial charge in [-0.25, -0.2) is 4.39 Å². The fraction of sp³-hybridized carbons (Fsp3) is 0.350. The average Bonchev–Trinajstić information content (AvgIpc) is 2.70. The number of ether oxygens (including phenoxy) is 2. The Morgan fingerprint density at radius 1 is 1.18 bits per heavy atom. The third-order valence-electron chi connectivity index (χ3n) is 4.06. The van der Waals surface area contributed by atoms with Crippen LogP contribution in [-0.4, -0.2) is 50.3 Å². The van der Waals surface area contributed by atoms with Gasteiger partial charge in [0.15, 0.2) is 5.96 Å². The molecule has 0 spiro atoms. The Hall–Kier alpha value is -2.07. The molecule has 0 saturated heterocycles. The Kier molecular flexibility index (Phi) is 10.6. The second-order valence-corrected chi connectivity index (χ2v) is 5.93. The summed E-state index contributed by atoms with van der Waals surface area (Å²) in [6.07, 6.45) is 0. The summed E-state index contributed by atoms with van der Waals surface area (Å²) in [7, 11) is 5.24. The maximum Gasteiger partial charge on any atom is 0.193 e. The summed E-state index contributed by atoms with van der Waals surface area (Å²) in [5.74, 6) is 1.85. The molecule has 0 unspecified atom stereocenters. The van der Waals surface area contributed by atoms with Gasteiger partial charge in [-0.05, 0) is 42.0 Å². The number of aliphatic hydroxyl groups excluding tert-OH is 1. The highest BCUT2D eigenvalue weighted by Crippen LogP contribution is 2.16. The molecule has 2 aromatic carbocycles. The highest BCUT2D eigenvalue weighted by atomic mass is 127. The Labute approximate surface area is 182 Å². The molecule has 0 radical (unpaired) electrons. The number of methoxy groups -OCH3 is 1. The van der Waals surface area contributed by atoms with Crippen LogP contribution in [0.25, 0.3) is 0 Å².